The summed E-state index contributed by atoms with van der Waals surface area (Å²) in [6, 6.07) is 6.17. The number of rotatable bonds is 2. The van der Waals surface area contributed by atoms with Crippen LogP contribution in [-0.2, 0) is 14.3 Å². The molecule has 1 amide bonds. The maximum absolute atomic E-state index is 12.6. The normalized spacial score (nSPS) is 21.7. The van der Waals surface area contributed by atoms with Gasteiger partial charge in [0.25, 0.3) is 0 Å². The molecule has 1 fully saturated rings. The molecule has 1 aliphatic rings. The largest absolute Gasteiger partial charge is 0.508 e. The zero-order valence-corrected chi connectivity index (χ0v) is 13.5. The molecule has 1 heterocycles. The van der Waals surface area contributed by atoms with E-state index in [1.807, 2.05) is 20.8 Å². The molecule has 1 N–H and O–H groups in total. The number of amides is 1. The van der Waals surface area contributed by atoms with E-state index in [0.717, 1.165) is 5.56 Å². The molecule has 2 atom stereocenters. The number of aromatic hydroxyl groups is 1. The van der Waals surface area contributed by atoms with Gasteiger partial charge in [0.05, 0.1) is 7.11 Å². The summed E-state index contributed by atoms with van der Waals surface area (Å²) < 4.78 is 4.92. The predicted molar refractivity (Wildman–Crippen MR) is 82.4 cm³/mol. The van der Waals surface area contributed by atoms with Crippen LogP contribution < -0.4 is 0 Å². The van der Waals surface area contributed by atoms with E-state index >= 15 is 0 Å². The number of ether oxygens (including phenoxy) is 1. The molecule has 5 nitrogen and oxygen atoms in total. The number of likely N-dealkylation sites (tertiary alicyclic amines) is 1. The first-order chi connectivity index (χ1) is 10.3. The van der Waals surface area contributed by atoms with Crippen molar-refractivity contribution in [1.29, 1.82) is 0 Å². The molecule has 0 aromatic heterocycles. The van der Waals surface area contributed by atoms with Crippen molar-refractivity contribution in [2.24, 2.45) is 5.41 Å². The molecular weight excluding hydrogens is 282 g/mol. The monoisotopic (exact) mass is 305 g/mol. The molecule has 0 aliphatic carbocycles. The van der Waals surface area contributed by atoms with Crippen molar-refractivity contribution >= 4 is 11.9 Å². The number of hydrogen-bond donors (Lipinski definition) is 1. The average molecular weight is 305 g/mol. The van der Waals surface area contributed by atoms with Crippen LogP contribution in [-0.4, -0.2) is 41.6 Å². The minimum atomic E-state index is -0.610. The van der Waals surface area contributed by atoms with Crippen LogP contribution in [0.15, 0.2) is 24.3 Å². The molecule has 1 aromatic rings. The fourth-order valence-corrected chi connectivity index (χ4v) is 2.93. The fourth-order valence-electron chi connectivity index (χ4n) is 2.93. The lowest BCUT2D eigenvalue weighted by Gasteiger charge is -2.31. The number of esters is 1. The Morgan fingerprint density at radius 3 is 2.32 bits per heavy atom. The molecule has 5 heteroatoms. The quantitative estimate of drug-likeness (QED) is 0.851. The Hall–Kier alpha value is -2.04. The highest BCUT2D eigenvalue weighted by atomic mass is 16.5. The number of phenolic OH excluding ortho intramolecular Hbond substituents is 1. The zero-order valence-electron chi connectivity index (χ0n) is 13.5. The minimum Gasteiger partial charge on any atom is -0.508 e. The Kier molecular flexibility index (Phi) is 4.44. The third-order valence-electron chi connectivity index (χ3n) is 4.06. The van der Waals surface area contributed by atoms with E-state index in [9.17, 15) is 14.7 Å². The Labute approximate surface area is 130 Å². The van der Waals surface area contributed by atoms with Gasteiger partial charge in [-0.3, -0.25) is 4.79 Å². The summed E-state index contributed by atoms with van der Waals surface area (Å²) in [5, 5.41) is 9.41. The summed E-state index contributed by atoms with van der Waals surface area (Å²) in [6.07, 6.45) is 0.701. The first-order valence-corrected chi connectivity index (χ1v) is 7.43. The van der Waals surface area contributed by atoms with E-state index in [-0.39, 0.29) is 17.6 Å². The highest BCUT2D eigenvalue weighted by Crippen LogP contribution is 2.37. The molecule has 1 aliphatic heterocycles. The van der Waals surface area contributed by atoms with Gasteiger partial charge in [-0.05, 0) is 24.1 Å². The van der Waals surface area contributed by atoms with Crippen LogP contribution in [0.4, 0.5) is 0 Å². The van der Waals surface area contributed by atoms with Gasteiger partial charge >= 0.3 is 5.97 Å². The summed E-state index contributed by atoms with van der Waals surface area (Å²) in [5.41, 5.74) is 0.383. The van der Waals surface area contributed by atoms with Crippen molar-refractivity contribution in [1.82, 2.24) is 4.90 Å². The van der Waals surface area contributed by atoms with Gasteiger partial charge in [0.2, 0.25) is 5.91 Å². The van der Waals surface area contributed by atoms with Crippen molar-refractivity contribution in [2.45, 2.75) is 39.2 Å². The van der Waals surface area contributed by atoms with Crippen LogP contribution in [0.5, 0.6) is 5.75 Å². The third kappa shape index (κ3) is 3.08. The van der Waals surface area contributed by atoms with Gasteiger partial charge in [-0.15, -0.1) is 0 Å². The van der Waals surface area contributed by atoms with Crippen LogP contribution in [0, 0.1) is 5.41 Å². The van der Waals surface area contributed by atoms with Gasteiger partial charge in [0.15, 0.2) is 0 Å². The van der Waals surface area contributed by atoms with Crippen molar-refractivity contribution in [3.05, 3.63) is 29.8 Å². The highest BCUT2D eigenvalue weighted by molar-refractivity contribution is 5.88. The summed E-state index contributed by atoms with van der Waals surface area (Å²) in [6.45, 7) is 6.06. The van der Waals surface area contributed by atoms with Crippen molar-refractivity contribution in [2.75, 3.05) is 13.7 Å². The van der Waals surface area contributed by atoms with Crippen LogP contribution in [0.3, 0.4) is 0 Å². The lowest BCUT2D eigenvalue weighted by molar-refractivity contribution is -0.154. The van der Waals surface area contributed by atoms with E-state index in [1.54, 1.807) is 29.2 Å². The summed E-state index contributed by atoms with van der Waals surface area (Å²) in [4.78, 5) is 26.5. The molecule has 2 unspecified atom stereocenters. The first-order valence-electron chi connectivity index (χ1n) is 7.43. The standard InChI is InChI=1S/C17H23NO4/c1-17(2,3)16(21)18-10-9-13(14(18)15(20)22-4)11-5-7-12(19)8-6-11/h5-8,13-14,19H,9-10H2,1-4H3. The van der Waals surface area contributed by atoms with Gasteiger partial charge in [-0.1, -0.05) is 32.9 Å². The second-order valence-electron chi connectivity index (χ2n) is 6.70. The molecule has 0 spiro atoms. The molecule has 1 saturated heterocycles. The van der Waals surface area contributed by atoms with E-state index < -0.39 is 17.4 Å². The summed E-state index contributed by atoms with van der Waals surface area (Å²) >= 11 is 0. The first kappa shape index (κ1) is 16.3. The van der Waals surface area contributed by atoms with Gasteiger partial charge < -0.3 is 14.7 Å². The van der Waals surface area contributed by atoms with Crippen LogP contribution >= 0.6 is 0 Å². The SMILES string of the molecule is COC(=O)C1C(c2ccc(O)cc2)CCN1C(=O)C(C)(C)C. The molecule has 120 valence electrons. The zero-order chi connectivity index (χ0) is 16.5. The smallest absolute Gasteiger partial charge is 0.329 e. The Morgan fingerprint density at radius 1 is 1.23 bits per heavy atom. The molecule has 0 radical (unpaired) electrons. The number of nitrogens with zero attached hydrogens (tertiary/aromatic N) is 1. The summed E-state index contributed by atoms with van der Waals surface area (Å²) in [5.74, 6) is -0.379. The van der Waals surface area contributed by atoms with Gasteiger partial charge in [-0.25, -0.2) is 4.79 Å². The van der Waals surface area contributed by atoms with Crippen LogP contribution in [0.1, 0.15) is 38.7 Å². The predicted octanol–water partition coefficient (Wildman–Crippen LogP) is 2.30. The van der Waals surface area contributed by atoms with E-state index in [4.69, 9.17) is 4.74 Å². The number of methoxy groups -OCH3 is 1. The fraction of sp³-hybridized carbons (Fsp3) is 0.529. The lowest BCUT2D eigenvalue weighted by atomic mass is 9.90. The Morgan fingerprint density at radius 2 is 1.82 bits per heavy atom. The topological polar surface area (TPSA) is 66.8 Å². The lowest BCUT2D eigenvalue weighted by Crippen LogP contribution is -2.47. The van der Waals surface area contributed by atoms with Gasteiger partial charge in [-0.2, -0.15) is 0 Å². The molecule has 0 saturated carbocycles. The molecule has 2 rings (SSSR count). The number of hydrogen-bond acceptors (Lipinski definition) is 4. The van der Waals surface area contributed by atoms with Crippen molar-refractivity contribution in [3.63, 3.8) is 0 Å². The maximum atomic E-state index is 12.6. The molecule has 0 bridgehead atoms. The molecule has 1 aromatic carbocycles. The Bertz CT molecular complexity index is 559. The molecule has 22 heavy (non-hydrogen) atoms. The van der Waals surface area contributed by atoms with E-state index in [1.165, 1.54) is 7.11 Å². The van der Waals surface area contributed by atoms with Gasteiger partial charge in [0.1, 0.15) is 11.8 Å². The van der Waals surface area contributed by atoms with Crippen molar-refractivity contribution < 1.29 is 19.4 Å². The second kappa shape index (κ2) is 5.99. The van der Waals surface area contributed by atoms with Crippen molar-refractivity contribution in [3.8, 4) is 5.75 Å². The van der Waals surface area contributed by atoms with Crippen LogP contribution in [0.25, 0.3) is 0 Å². The average Bonchev–Trinajstić information content (AvgIpc) is 2.90. The number of phenols is 1. The van der Waals surface area contributed by atoms with E-state index in [0.29, 0.717) is 13.0 Å². The third-order valence-corrected chi connectivity index (χ3v) is 4.06. The Balaban J connectivity index is 2.34. The number of benzene rings is 1. The maximum Gasteiger partial charge on any atom is 0.329 e. The number of carbonyl (C=O) groups excluding carboxylic acids is 2. The highest BCUT2D eigenvalue weighted by Gasteiger charge is 2.45. The second-order valence-corrected chi connectivity index (χ2v) is 6.70. The van der Waals surface area contributed by atoms with E-state index in [2.05, 4.69) is 0 Å². The molecular formula is C17H23NO4. The number of carbonyl (C=O) groups is 2. The minimum absolute atomic E-state index is 0.0517. The van der Waals surface area contributed by atoms with Crippen LogP contribution in [0.2, 0.25) is 0 Å². The van der Waals surface area contributed by atoms with Gasteiger partial charge in [0, 0.05) is 17.9 Å². The summed E-state index contributed by atoms with van der Waals surface area (Å²) in [7, 11) is 1.34.